The van der Waals surface area contributed by atoms with Crippen molar-refractivity contribution in [2.75, 3.05) is 12.9 Å². The number of carbonyl (C=O) groups is 1. The minimum Gasteiger partial charge on any atom is -0.469 e. The summed E-state index contributed by atoms with van der Waals surface area (Å²) in [4.78, 5) is 11.5. The molecule has 5 heteroatoms. The number of methoxy groups -OCH3 is 1. The summed E-state index contributed by atoms with van der Waals surface area (Å²) >= 11 is 1.34. The maximum absolute atomic E-state index is 13.8. The van der Waals surface area contributed by atoms with Gasteiger partial charge in [0.2, 0.25) is 0 Å². The number of benzene rings is 1. The van der Waals surface area contributed by atoms with Crippen molar-refractivity contribution in [3.63, 3.8) is 0 Å². The van der Waals surface area contributed by atoms with Crippen molar-refractivity contribution in [2.45, 2.75) is 36.7 Å². The SMILES string of the molecule is COC(=O)CCSc1ccc(CNC2CC2)cc1F. The van der Waals surface area contributed by atoms with Gasteiger partial charge >= 0.3 is 5.97 Å². The molecule has 3 nitrogen and oxygen atoms in total. The number of ether oxygens (including phenoxy) is 1. The highest BCUT2D eigenvalue weighted by molar-refractivity contribution is 7.99. The number of halogens is 1. The molecule has 104 valence electrons. The second-order valence-corrected chi connectivity index (χ2v) is 5.73. The molecular formula is C14H18FNO2S. The van der Waals surface area contributed by atoms with E-state index in [1.807, 2.05) is 6.07 Å². The third-order valence-electron chi connectivity index (χ3n) is 2.96. The fourth-order valence-corrected chi connectivity index (χ4v) is 2.52. The van der Waals surface area contributed by atoms with Crippen molar-refractivity contribution < 1.29 is 13.9 Å². The number of nitrogens with one attached hydrogen (secondary N) is 1. The standard InChI is InChI=1S/C14H18FNO2S/c1-18-14(17)6-7-19-13-5-2-10(8-12(13)15)9-16-11-3-4-11/h2,5,8,11,16H,3-4,6-7,9H2,1H3. The highest BCUT2D eigenvalue weighted by Crippen LogP contribution is 2.24. The van der Waals surface area contributed by atoms with Gasteiger partial charge in [-0.15, -0.1) is 11.8 Å². The molecule has 0 saturated heterocycles. The van der Waals surface area contributed by atoms with Crippen LogP contribution < -0.4 is 5.32 Å². The highest BCUT2D eigenvalue weighted by Gasteiger charge is 2.20. The molecule has 0 spiro atoms. The van der Waals surface area contributed by atoms with E-state index < -0.39 is 0 Å². The number of rotatable bonds is 7. The van der Waals surface area contributed by atoms with Crippen molar-refractivity contribution in [3.05, 3.63) is 29.6 Å². The van der Waals surface area contributed by atoms with E-state index in [0.29, 0.717) is 29.7 Å². The van der Waals surface area contributed by atoms with Gasteiger partial charge in [-0.25, -0.2) is 4.39 Å². The average Bonchev–Trinajstić information content (AvgIpc) is 3.22. The molecule has 19 heavy (non-hydrogen) atoms. The van der Waals surface area contributed by atoms with E-state index in [9.17, 15) is 9.18 Å². The Morgan fingerprint density at radius 1 is 1.53 bits per heavy atom. The van der Waals surface area contributed by atoms with E-state index >= 15 is 0 Å². The zero-order chi connectivity index (χ0) is 13.7. The summed E-state index contributed by atoms with van der Waals surface area (Å²) in [5.41, 5.74) is 0.960. The van der Waals surface area contributed by atoms with E-state index in [-0.39, 0.29) is 11.8 Å². The Morgan fingerprint density at radius 2 is 2.32 bits per heavy atom. The average molecular weight is 283 g/mol. The fraction of sp³-hybridized carbons (Fsp3) is 0.500. The molecular weight excluding hydrogens is 265 g/mol. The highest BCUT2D eigenvalue weighted by atomic mass is 32.2. The third kappa shape index (κ3) is 4.84. The molecule has 1 saturated carbocycles. The first kappa shape index (κ1) is 14.3. The zero-order valence-corrected chi connectivity index (χ0v) is 11.8. The van der Waals surface area contributed by atoms with Crippen molar-refractivity contribution in [1.29, 1.82) is 0 Å². The molecule has 0 heterocycles. The van der Waals surface area contributed by atoms with Gasteiger partial charge in [-0.2, -0.15) is 0 Å². The summed E-state index contributed by atoms with van der Waals surface area (Å²) in [5.74, 6) is 0.0478. The zero-order valence-electron chi connectivity index (χ0n) is 10.9. The number of thioether (sulfide) groups is 1. The number of esters is 1. The van der Waals surface area contributed by atoms with Crippen LogP contribution in [0.15, 0.2) is 23.1 Å². The Balaban J connectivity index is 1.81. The van der Waals surface area contributed by atoms with Gasteiger partial charge in [0.05, 0.1) is 13.5 Å². The van der Waals surface area contributed by atoms with Crippen LogP contribution >= 0.6 is 11.8 Å². The third-order valence-corrected chi connectivity index (χ3v) is 4.01. The number of carbonyl (C=O) groups excluding carboxylic acids is 1. The second kappa shape index (κ2) is 6.91. The maximum Gasteiger partial charge on any atom is 0.306 e. The summed E-state index contributed by atoms with van der Waals surface area (Å²) in [6, 6.07) is 5.90. The molecule has 0 amide bonds. The van der Waals surface area contributed by atoms with Gasteiger partial charge in [-0.05, 0) is 30.5 Å². The van der Waals surface area contributed by atoms with Gasteiger partial charge in [-0.1, -0.05) is 6.07 Å². The predicted molar refractivity (Wildman–Crippen MR) is 73.6 cm³/mol. The first-order valence-electron chi connectivity index (χ1n) is 6.40. The Labute approximate surface area is 116 Å². The van der Waals surface area contributed by atoms with Crippen molar-refractivity contribution in [2.24, 2.45) is 0 Å². The van der Waals surface area contributed by atoms with Crippen molar-refractivity contribution >= 4 is 17.7 Å². The van der Waals surface area contributed by atoms with Gasteiger partial charge in [0.15, 0.2) is 0 Å². The summed E-state index contributed by atoms with van der Waals surface area (Å²) in [7, 11) is 1.36. The quantitative estimate of drug-likeness (QED) is 0.617. The smallest absolute Gasteiger partial charge is 0.306 e. The molecule has 0 unspecified atom stereocenters. The maximum atomic E-state index is 13.8. The van der Waals surface area contributed by atoms with E-state index in [0.717, 1.165) is 5.56 Å². The summed E-state index contributed by atoms with van der Waals surface area (Å²) < 4.78 is 18.4. The monoisotopic (exact) mass is 283 g/mol. The first-order chi connectivity index (χ1) is 9.19. The van der Waals surface area contributed by atoms with Crippen LogP contribution in [-0.4, -0.2) is 24.9 Å². The summed E-state index contributed by atoms with van der Waals surface area (Å²) in [6.07, 6.45) is 2.75. The van der Waals surface area contributed by atoms with Crippen LogP contribution in [0.5, 0.6) is 0 Å². The molecule has 1 aromatic rings. The Hall–Kier alpha value is -1.07. The molecule has 1 aliphatic rings. The molecule has 1 fully saturated rings. The van der Waals surface area contributed by atoms with Crippen LogP contribution in [0.25, 0.3) is 0 Å². The summed E-state index contributed by atoms with van der Waals surface area (Å²) in [5, 5.41) is 3.35. The molecule has 1 aromatic carbocycles. The lowest BCUT2D eigenvalue weighted by Gasteiger charge is -2.07. The number of hydrogen-bond acceptors (Lipinski definition) is 4. The molecule has 1 aliphatic carbocycles. The minimum absolute atomic E-state index is 0.218. The Bertz CT molecular complexity index is 449. The molecule has 1 N–H and O–H groups in total. The molecule has 2 rings (SSSR count). The molecule has 0 radical (unpaired) electrons. The van der Waals surface area contributed by atoms with Crippen molar-refractivity contribution in [3.8, 4) is 0 Å². The van der Waals surface area contributed by atoms with Crippen LogP contribution in [0.2, 0.25) is 0 Å². The van der Waals surface area contributed by atoms with Gasteiger partial charge < -0.3 is 10.1 Å². The first-order valence-corrected chi connectivity index (χ1v) is 7.39. The predicted octanol–water partition coefficient (Wildman–Crippen LogP) is 2.73. The Kier molecular flexibility index (Phi) is 5.22. The fourth-order valence-electron chi connectivity index (χ4n) is 1.67. The molecule has 0 atom stereocenters. The van der Waals surface area contributed by atoms with Gasteiger partial charge in [0, 0.05) is 23.2 Å². The van der Waals surface area contributed by atoms with Gasteiger partial charge in [0.1, 0.15) is 5.82 Å². The number of hydrogen-bond donors (Lipinski definition) is 1. The molecule has 0 aromatic heterocycles. The topological polar surface area (TPSA) is 38.3 Å². The molecule has 0 aliphatic heterocycles. The molecule has 0 bridgehead atoms. The van der Waals surface area contributed by atoms with Crippen LogP contribution in [0.4, 0.5) is 4.39 Å². The van der Waals surface area contributed by atoms with E-state index in [1.54, 1.807) is 12.1 Å². The second-order valence-electron chi connectivity index (χ2n) is 4.59. The van der Waals surface area contributed by atoms with E-state index in [2.05, 4.69) is 10.1 Å². The van der Waals surface area contributed by atoms with Gasteiger partial charge in [-0.3, -0.25) is 4.79 Å². The van der Waals surface area contributed by atoms with E-state index in [1.165, 1.54) is 31.7 Å². The Morgan fingerprint density at radius 3 is 2.95 bits per heavy atom. The van der Waals surface area contributed by atoms with Crippen LogP contribution in [-0.2, 0) is 16.1 Å². The lowest BCUT2D eigenvalue weighted by molar-refractivity contribution is -0.140. The van der Waals surface area contributed by atoms with Crippen LogP contribution in [0.3, 0.4) is 0 Å². The van der Waals surface area contributed by atoms with Crippen molar-refractivity contribution in [1.82, 2.24) is 5.32 Å². The van der Waals surface area contributed by atoms with Gasteiger partial charge in [0.25, 0.3) is 0 Å². The van der Waals surface area contributed by atoms with Crippen LogP contribution in [0.1, 0.15) is 24.8 Å². The largest absolute Gasteiger partial charge is 0.469 e. The lowest BCUT2D eigenvalue weighted by Crippen LogP contribution is -2.15. The normalized spacial score (nSPS) is 14.4. The van der Waals surface area contributed by atoms with Crippen LogP contribution in [0, 0.1) is 5.82 Å². The minimum atomic E-state index is -0.266. The van der Waals surface area contributed by atoms with E-state index in [4.69, 9.17) is 0 Å². The lowest BCUT2D eigenvalue weighted by atomic mass is 10.2. The summed E-state index contributed by atoms with van der Waals surface area (Å²) in [6.45, 7) is 0.717.